The van der Waals surface area contributed by atoms with Crippen LogP contribution in [-0.4, -0.2) is 10.9 Å². The molecule has 0 aliphatic heterocycles. The van der Waals surface area contributed by atoms with Crippen LogP contribution in [0.15, 0.2) is 35.8 Å². The van der Waals surface area contributed by atoms with Crippen molar-refractivity contribution in [2.24, 2.45) is 0 Å². The van der Waals surface area contributed by atoms with Crippen LogP contribution < -0.4 is 11.1 Å². The third kappa shape index (κ3) is 4.06. The highest BCUT2D eigenvalue weighted by atomic mass is 32.1. The molecule has 0 fully saturated rings. The van der Waals surface area contributed by atoms with Crippen LogP contribution in [0.25, 0.3) is 0 Å². The van der Waals surface area contributed by atoms with Gasteiger partial charge >= 0.3 is 0 Å². The predicted molar refractivity (Wildman–Crippen MR) is 82.5 cm³/mol. The molecule has 0 saturated heterocycles. The minimum absolute atomic E-state index is 0.00544. The van der Waals surface area contributed by atoms with Crippen LogP contribution in [0.5, 0.6) is 0 Å². The second-order valence-electron chi connectivity index (χ2n) is 4.68. The number of nitrogens with two attached hydrogens (primary N) is 1. The normalized spacial score (nSPS) is 12.1. The van der Waals surface area contributed by atoms with Crippen LogP contribution in [0.4, 0.5) is 5.69 Å². The molecule has 1 atom stereocenters. The van der Waals surface area contributed by atoms with Gasteiger partial charge in [0.2, 0.25) is 5.91 Å². The number of hydrogen-bond donors (Lipinski definition) is 2. The minimum Gasteiger partial charge on any atom is -0.397 e. The molecule has 0 aromatic carbocycles. The fourth-order valence-electron chi connectivity index (χ4n) is 2.01. The molecule has 2 rings (SSSR count). The second-order valence-corrected chi connectivity index (χ2v) is 5.66. The van der Waals surface area contributed by atoms with Crippen molar-refractivity contribution < 1.29 is 4.79 Å². The summed E-state index contributed by atoms with van der Waals surface area (Å²) in [5.74, 6) is -0.00544. The van der Waals surface area contributed by atoms with E-state index in [0.717, 1.165) is 18.5 Å². The van der Waals surface area contributed by atoms with Gasteiger partial charge in [-0.15, -0.1) is 11.3 Å². The summed E-state index contributed by atoms with van der Waals surface area (Å²) in [6.07, 6.45) is 3.83. The Hall–Kier alpha value is -1.88. The number of thiophene rings is 1. The maximum Gasteiger partial charge on any atom is 0.226 e. The van der Waals surface area contributed by atoms with Crippen LogP contribution in [-0.2, 0) is 11.2 Å². The number of amides is 1. The first kappa shape index (κ1) is 14.5. The van der Waals surface area contributed by atoms with E-state index in [4.69, 9.17) is 5.73 Å². The van der Waals surface area contributed by atoms with Crippen molar-refractivity contribution in [3.05, 3.63) is 46.4 Å². The number of pyridine rings is 1. The van der Waals surface area contributed by atoms with Crippen LogP contribution in [0.1, 0.15) is 36.4 Å². The summed E-state index contributed by atoms with van der Waals surface area (Å²) >= 11 is 1.67. The highest BCUT2D eigenvalue weighted by Crippen LogP contribution is 2.23. The Morgan fingerprint density at radius 3 is 2.90 bits per heavy atom. The summed E-state index contributed by atoms with van der Waals surface area (Å²) < 4.78 is 0. The average molecular weight is 289 g/mol. The van der Waals surface area contributed by atoms with Gasteiger partial charge in [-0.1, -0.05) is 19.4 Å². The van der Waals surface area contributed by atoms with Crippen molar-refractivity contribution in [1.82, 2.24) is 10.3 Å². The zero-order valence-electron chi connectivity index (χ0n) is 11.5. The Balaban J connectivity index is 1.96. The zero-order valence-corrected chi connectivity index (χ0v) is 12.3. The van der Waals surface area contributed by atoms with Gasteiger partial charge in [-0.05, 0) is 30.0 Å². The highest BCUT2D eigenvalue weighted by Gasteiger charge is 2.15. The van der Waals surface area contributed by atoms with Gasteiger partial charge < -0.3 is 11.1 Å². The number of carbonyl (C=O) groups is 1. The Bertz CT molecular complexity index is 537. The average Bonchev–Trinajstić information content (AvgIpc) is 2.95. The van der Waals surface area contributed by atoms with Crippen LogP contribution >= 0.6 is 11.3 Å². The summed E-state index contributed by atoms with van der Waals surface area (Å²) in [7, 11) is 0. The lowest BCUT2D eigenvalue weighted by molar-refractivity contribution is -0.121. The number of aromatic nitrogens is 1. The van der Waals surface area contributed by atoms with E-state index in [2.05, 4.69) is 23.3 Å². The van der Waals surface area contributed by atoms with Crippen LogP contribution in [0.3, 0.4) is 0 Å². The molecule has 5 heteroatoms. The van der Waals surface area contributed by atoms with E-state index in [0.29, 0.717) is 5.69 Å². The van der Waals surface area contributed by atoms with Crippen molar-refractivity contribution >= 4 is 22.9 Å². The monoisotopic (exact) mass is 289 g/mol. The molecule has 2 aromatic rings. The molecule has 0 spiro atoms. The summed E-state index contributed by atoms with van der Waals surface area (Å²) in [6.45, 7) is 2.12. The van der Waals surface area contributed by atoms with E-state index < -0.39 is 0 Å². The molecule has 0 aliphatic rings. The van der Waals surface area contributed by atoms with E-state index >= 15 is 0 Å². The Morgan fingerprint density at radius 2 is 2.30 bits per heavy atom. The van der Waals surface area contributed by atoms with Gasteiger partial charge in [0.05, 0.1) is 24.3 Å². The quantitative estimate of drug-likeness (QED) is 0.859. The van der Waals surface area contributed by atoms with Gasteiger partial charge in [-0.2, -0.15) is 0 Å². The van der Waals surface area contributed by atoms with Crippen LogP contribution in [0, 0.1) is 0 Å². The molecular formula is C15H19N3OS. The molecule has 1 unspecified atom stereocenters. The van der Waals surface area contributed by atoms with Crippen molar-refractivity contribution in [2.45, 2.75) is 32.2 Å². The van der Waals surface area contributed by atoms with Gasteiger partial charge in [0.1, 0.15) is 0 Å². The first-order chi connectivity index (χ1) is 9.69. The van der Waals surface area contributed by atoms with E-state index in [1.165, 1.54) is 4.88 Å². The Labute approximate surface area is 123 Å². The predicted octanol–water partition coefficient (Wildman–Crippen LogP) is 2.93. The van der Waals surface area contributed by atoms with Crippen molar-refractivity contribution in [3.8, 4) is 0 Å². The minimum atomic E-state index is -0.00544. The molecule has 106 valence electrons. The van der Waals surface area contributed by atoms with Gasteiger partial charge in [0, 0.05) is 10.6 Å². The fraction of sp³-hybridized carbons (Fsp3) is 0.333. The highest BCUT2D eigenvalue weighted by molar-refractivity contribution is 7.10. The van der Waals surface area contributed by atoms with Gasteiger partial charge in [-0.25, -0.2) is 0 Å². The fourth-order valence-corrected chi connectivity index (χ4v) is 2.83. The van der Waals surface area contributed by atoms with Crippen LogP contribution in [0.2, 0.25) is 0 Å². The maximum absolute atomic E-state index is 12.1. The largest absolute Gasteiger partial charge is 0.397 e. The molecule has 20 heavy (non-hydrogen) atoms. The molecule has 0 aliphatic carbocycles. The summed E-state index contributed by atoms with van der Waals surface area (Å²) in [6, 6.07) is 7.72. The molecule has 0 bridgehead atoms. The smallest absolute Gasteiger partial charge is 0.226 e. The number of nitrogens with zero attached hydrogens (tertiary/aromatic N) is 1. The third-order valence-electron chi connectivity index (χ3n) is 2.99. The van der Waals surface area contributed by atoms with E-state index in [9.17, 15) is 4.79 Å². The SMILES string of the molecule is CCCC(NC(=O)Cc1ccc(N)cn1)c1cccs1. The van der Waals surface area contributed by atoms with Crippen molar-refractivity contribution in [1.29, 1.82) is 0 Å². The molecule has 0 saturated carbocycles. The number of hydrogen-bond acceptors (Lipinski definition) is 4. The molecular weight excluding hydrogens is 270 g/mol. The molecule has 2 heterocycles. The van der Waals surface area contributed by atoms with Crippen molar-refractivity contribution in [3.63, 3.8) is 0 Å². The molecule has 1 amide bonds. The number of rotatable bonds is 6. The first-order valence-electron chi connectivity index (χ1n) is 6.72. The first-order valence-corrected chi connectivity index (χ1v) is 7.60. The molecule has 3 N–H and O–H groups in total. The van der Waals surface area contributed by atoms with E-state index in [1.54, 1.807) is 29.7 Å². The molecule has 4 nitrogen and oxygen atoms in total. The number of anilines is 1. The van der Waals surface area contributed by atoms with Gasteiger partial charge in [0.25, 0.3) is 0 Å². The maximum atomic E-state index is 12.1. The van der Waals surface area contributed by atoms with Gasteiger partial charge in [-0.3, -0.25) is 9.78 Å². The summed E-state index contributed by atoms with van der Waals surface area (Å²) in [5.41, 5.74) is 6.92. The Kier molecular flexibility index (Phi) is 5.12. The zero-order chi connectivity index (χ0) is 14.4. The van der Waals surface area contributed by atoms with Crippen molar-refractivity contribution in [2.75, 3.05) is 5.73 Å². The Morgan fingerprint density at radius 1 is 1.45 bits per heavy atom. The third-order valence-corrected chi connectivity index (χ3v) is 3.97. The van der Waals surface area contributed by atoms with E-state index in [1.807, 2.05) is 11.4 Å². The number of nitrogens with one attached hydrogen (secondary N) is 1. The lowest BCUT2D eigenvalue weighted by atomic mass is 10.1. The topological polar surface area (TPSA) is 68.0 Å². The van der Waals surface area contributed by atoms with Gasteiger partial charge in [0.15, 0.2) is 0 Å². The van der Waals surface area contributed by atoms with E-state index in [-0.39, 0.29) is 18.4 Å². The standard InChI is InChI=1S/C15H19N3OS/c1-2-4-13(14-5-3-8-20-14)18-15(19)9-12-7-6-11(16)10-17-12/h3,5-8,10,13H,2,4,9,16H2,1H3,(H,18,19). The molecule has 2 aromatic heterocycles. The molecule has 0 radical (unpaired) electrons. The lowest BCUT2D eigenvalue weighted by Crippen LogP contribution is -2.29. The number of nitrogen functional groups attached to an aromatic ring is 1. The number of carbonyl (C=O) groups excluding carboxylic acids is 1. The second kappa shape index (κ2) is 7.05. The summed E-state index contributed by atoms with van der Waals surface area (Å²) in [5, 5.41) is 5.12. The summed E-state index contributed by atoms with van der Waals surface area (Å²) in [4.78, 5) is 17.5. The lowest BCUT2D eigenvalue weighted by Gasteiger charge is -2.16.